The zero-order valence-corrected chi connectivity index (χ0v) is 14.7. The van der Waals surface area contributed by atoms with Gasteiger partial charge in [-0.25, -0.2) is 8.42 Å². The first-order valence-corrected chi connectivity index (χ1v) is 9.01. The van der Waals surface area contributed by atoms with Crippen LogP contribution in [-0.4, -0.2) is 33.6 Å². The predicted octanol–water partition coefficient (Wildman–Crippen LogP) is 2.48. The van der Waals surface area contributed by atoms with E-state index in [0.29, 0.717) is 0 Å². The van der Waals surface area contributed by atoms with E-state index < -0.39 is 28.0 Å². The van der Waals surface area contributed by atoms with Crippen molar-refractivity contribution in [2.24, 2.45) is 17.0 Å². The molecule has 1 unspecified atom stereocenters. The van der Waals surface area contributed by atoms with Gasteiger partial charge in [0.25, 0.3) is 0 Å². The molecule has 0 aromatic heterocycles. The third kappa shape index (κ3) is 6.19. The van der Waals surface area contributed by atoms with E-state index >= 15 is 0 Å². The summed E-state index contributed by atoms with van der Waals surface area (Å²) in [5.41, 5.74) is 8.43. The Hall–Kier alpha value is -2.09. The van der Waals surface area contributed by atoms with E-state index in [1.807, 2.05) is 13.8 Å². The van der Waals surface area contributed by atoms with E-state index in [4.69, 9.17) is 10.3 Å². The van der Waals surface area contributed by atoms with Crippen molar-refractivity contribution in [3.05, 3.63) is 40.8 Å². The number of sulfonamides is 1. The minimum Gasteiger partial charge on any atom is -0.464 e. The summed E-state index contributed by atoms with van der Waals surface area (Å²) in [4.78, 5) is 15.0. The monoisotopic (exact) mass is 354 g/mol. The van der Waals surface area contributed by atoms with Gasteiger partial charge in [0.1, 0.15) is 6.04 Å². The Balaban J connectivity index is 2.99. The van der Waals surface area contributed by atoms with E-state index in [0.717, 1.165) is 0 Å². The molecule has 0 saturated carbocycles. The third-order valence-electron chi connectivity index (χ3n) is 3.15. The maximum Gasteiger partial charge on any atom is 0.324 e. The molecule has 24 heavy (non-hydrogen) atoms. The first-order valence-electron chi connectivity index (χ1n) is 7.52. The lowest BCUT2D eigenvalue weighted by Crippen LogP contribution is -2.47. The summed E-state index contributed by atoms with van der Waals surface area (Å²) < 4.78 is 32.4. The fraction of sp³-hybridized carbons (Fsp3) is 0.533. The molecule has 0 aliphatic carbocycles. The molecular weight excluding hydrogens is 332 g/mol. The van der Waals surface area contributed by atoms with Crippen molar-refractivity contribution in [3.8, 4) is 0 Å². The van der Waals surface area contributed by atoms with Crippen LogP contribution in [0.2, 0.25) is 0 Å². The van der Waals surface area contributed by atoms with Gasteiger partial charge in [0, 0.05) is 11.5 Å². The number of rotatable bonds is 9. The molecule has 132 valence electrons. The van der Waals surface area contributed by atoms with Crippen LogP contribution in [0.5, 0.6) is 0 Å². The zero-order valence-electron chi connectivity index (χ0n) is 13.9. The Kier molecular flexibility index (Phi) is 7.70. The first-order chi connectivity index (χ1) is 11.3. The molecule has 0 aliphatic heterocycles. The molecule has 8 nitrogen and oxygen atoms in total. The molecule has 1 N–H and O–H groups in total. The third-order valence-corrected chi connectivity index (χ3v) is 4.61. The minimum absolute atomic E-state index is 0.0325. The highest BCUT2D eigenvalue weighted by Gasteiger charge is 2.31. The highest BCUT2D eigenvalue weighted by Crippen LogP contribution is 2.14. The van der Waals surface area contributed by atoms with Crippen molar-refractivity contribution in [2.75, 3.05) is 13.2 Å². The lowest BCUT2D eigenvalue weighted by atomic mass is 10.0. The van der Waals surface area contributed by atoms with Crippen LogP contribution in [0.1, 0.15) is 20.8 Å². The number of hydrogen-bond donors (Lipinski definition) is 1. The van der Waals surface area contributed by atoms with Crippen molar-refractivity contribution in [2.45, 2.75) is 31.7 Å². The number of carbonyl (C=O) groups is 1. The topological polar surface area (TPSA) is 121 Å². The summed E-state index contributed by atoms with van der Waals surface area (Å²) in [6.07, 6.45) is 0. The summed E-state index contributed by atoms with van der Waals surface area (Å²) in [6, 6.07) is 6.58. The second-order valence-electron chi connectivity index (χ2n) is 5.83. The van der Waals surface area contributed by atoms with Crippen LogP contribution in [0.25, 0.3) is 10.4 Å². The highest BCUT2D eigenvalue weighted by atomic mass is 32.2. The number of nitrogens with zero attached hydrogens (tertiary/aromatic N) is 3. The van der Waals surface area contributed by atoms with Crippen LogP contribution in [0.3, 0.4) is 0 Å². The molecule has 0 bridgehead atoms. The average Bonchev–Trinajstić information content (AvgIpc) is 2.56. The number of esters is 1. The quantitative estimate of drug-likeness (QED) is 0.317. The van der Waals surface area contributed by atoms with E-state index in [2.05, 4.69) is 14.7 Å². The first kappa shape index (κ1) is 20.0. The molecule has 0 amide bonds. The number of ether oxygens (including phenoxy) is 1. The van der Waals surface area contributed by atoms with Crippen molar-refractivity contribution in [1.82, 2.24) is 4.72 Å². The van der Waals surface area contributed by atoms with Crippen LogP contribution in [0, 0.1) is 11.8 Å². The maximum atomic E-state index is 12.4. The van der Waals surface area contributed by atoms with Crippen molar-refractivity contribution in [1.29, 1.82) is 0 Å². The smallest absolute Gasteiger partial charge is 0.324 e. The Labute approximate surface area is 141 Å². The zero-order chi connectivity index (χ0) is 18.2. The molecule has 0 heterocycles. The van der Waals surface area contributed by atoms with Gasteiger partial charge in [-0.2, -0.15) is 4.72 Å². The number of azide groups is 1. The molecule has 0 spiro atoms. The van der Waals surface area contributed by atoms with Crippen molar-refractivity contribution < 1.29 is 17.9 Å². The minimum atomic E-state index is -3.90. The number of carbonyl (C=O) groups excluding carboxylic acids is 1. The fourth-order valence-electron chi connectivity index (χ4n) is 1.84. The normalized spacial score (nSPS) is 13.8. The lowest BCUT2D eigenvalue weighted by molar-refractivity contribution is -0.148. The molecule has 0 fully saturated rings. The Morgan fingerprint density at radius 3 is 2.46 bits per heavy atom. The molecule has 2 atom stereocenters. The summed E-state index contributed by atoms with van der Waals surface area (Å²) in [5.74, 6) is -1.13. The molecule has 1 aromatic rings. The average molecular weight is 354 g/mol. The highest BCUT2D eigenvalue weighted by molar-refractivity contribution is 7.89. The fourth-order valence-corrected chi connectivity index (χ4v) is 3.16. The SMILES string of the molecule is CC(C)COC(=O)[C@H](NS(=O)(=O)c1ccccc1)C(C)CN=[N+]=[N-]. The van der Waals surface area contributed by atoms with Gasteiger partial charge >= 0.3 is 5.97 Å². The molecule has 1 rings (SSSR count). The van der Waals surface area contributed by atoms with Gasteiger partial charge < -0.3 is 4.74 Å². The second-order valence-corrected chi connectivity index (χ2v) is 7.54. The molecule has 0 saturated heterocycles. The Morgan fingerprint density at radius 1 is 1.29 bits per heavy atom. The standard InChI is InChI=1S/C15H22N4O4S/c1-11(2)10-23-15(20)14(12(3)9-17-19-16)18-24(21,22)13-7-5-4-6-8-13/h4-8,11-12,14,18H,9-10H2,1-3H3/t12?,14-/m1/s1. The molecule has 0 aliphatic rings. The van der Waals surface area contributed by atoms with Crippen LogP contribution in [0.15, 0.2) is 40.3 Å². The summed E-state index contributed by atoms with van der Waals surface area (Å²) in [6.45, 7) is 5.51. The Bertz CT molecular complexity index is 685. The van der Waals surface area contributed by atoms with E-state index in [9.17, 15) is 13.2 Å². The van der Waals surface area contributed by atoms with Crippen LogP contribution < -0.4 is 4.72 Å². The molecular formula is C15H22N4O4S. The van der Waals surface area contributed by atoms with Gasteiger partial charge in [-0.3, -0.25) is 4.79 Å². The van der Waals surface area contributed by atoms with Gasteiger partial charge in [0.2, 0.25) is 10.0 Å². The van der Waals surface area contributed by atoms with Crippen molar-refractivity contribution in [3.63, 3.8) is 0 Å². The predicted molar refractivity (Wildman–Crippen MR) is 89.5 cm³/mol. The second kappa shape index (κ2) is 9.27. The number of hydrogen-bond acceptors (Lipinski definition) is 5. The number of nitrogens with one attached hydrogen (secondary N) is 1. The van der Waals surface area contributed by atoms with Crippen molar-refractivity contribution >= 4 is 16.0 Å². The van der Waals surface area contributed by atoms with E-state index in [-0.39, 0.29) is 24.0 Å². The number of benzene rings is 1. The van der Waals surface area contributed by atoms with E-state index in [1.54, 1.807) is 25.1 Å². The molecule has 0 radical (unpaired) electrons. The summed E-state index contributed by atoms with van der Waals surface area (Å²) in [5, 5.41) is 3.41. The van der Waals surface area contributed by atoms with Gasteiger partial charge in [0.05, 0.1) is 11.5 Å². The van der Waals surface area contributed by atoms with Crippen LogP contribution in [-0.2, 0) is 19.6 Å². The van der Waals surface area contributed by atoms with E-state index in [1.165, 1.54) is 12.1 Å². The van der Waals surface area contributed by atoms with Gasteiger partial charge in [-0.1, -0.05) is 44.1 Å². The maximum absolute atomic E-state index is 12.4. The summed E-state index contributed by atoms with van der Waals surface area (Å²) in [7, 11) is -3.90. The summed E-state index contributed by atoms with van der Waals surface area (Å²) >= 11 is 0. The molecule has 9 heteroatoms. The Morgan fingerprint density at radius 2 is 1.92 bits per heavy atom. The lowest BCUT2D eigenvalue weighted by Gasteiger charge is -2.23. The van der Waals surface area contributed by atoms with Crippen LogP contribution >= 0.6 is 0 Å². The largest absolute Gasteiger partial charge is 0.464 e. The van der Waals surface area contributed by atoms with Gasteiger partial charge in [0.15, 0.2) is 0 Å². The van der Waals surface area contributed by atoms with Crippen LogP contribution in [0.4, 0.5) is 0 Å². The molecule has 1 aromatic carbocycles. The van der Waals surface area contributed by atoms with Gasteiger partial charge in [-0.05, 0) is 29.5 Å². The van der Waals surface area contributed by atoms with Gasteiger partial charge in [-0.15, -0.1) is 0 Å².